The first-order valence-corrected chi connectivity index (χ1v) is 6.15. The molecule has 0 aromatic heterocycles. The summed E-state index contributed by atoms with van der Waals surface area (Å²) in [4.78, 5) is 0. The van der Waals surface area contributed by atoms with E-state index < -0.39 is 0 Å². The zero-order chi connectivity index (χ0) is 8.10. The molecule has 0 aromatic carbocycles. The zero-order valence-corrected chi connectivity index (χ0v) is 8.76. The number of halogens is 1. The van der Waals surface area contributed by atoms with Crippen molar-refractivity contribution >= 4 is 23.4 Å². The Bertz CT molecular complexity index is 106. The fourth-order valence-electron chi connectivity index (χ4n) is 1.70. The number of thioether (sulfide) groups is 1. The van der Waals surface area contributed by atoms with Crippen molar-refractivity contribution in [3.05, 3.63) is 0 Å². The minimum Gasteiger partial charge on any atom is -0.162 e. The largest absolute Gasteiger partial charge is 0.162 e. The summed E-state index contributed by atoms with van der Waals surface area (Å²) < 4.78 is 0. The van der Waals surface area contributed by atoms with Gasteiger partial charge >= 0.3 is 0 Å². The Balaban J connectivity index is 2.05. The second-order valence-corrected chi connectivity index (χ2v) is 5.15. The lowest BCUT2D eigenvalue weighted by Crippen LogP contribution is -2.07. The average molecular weight is 193 g/mol. The zero-order valence-electron chi connectivity index (χ0n) is 7.18. The molecule has 0 aliphatic heterocycles. The summed E-state index contributed by atoms with van der Waals surface area (Å²) in [5.41, 5.74) is 0. The molecule has 11 heavy (non-hydrogen) atoms. The molecule has 0 aromatic rings. The highest BCUT2D eigenvalue weighted by molar-refractivity contribution is 7.99. The first-order chi connectivity index (χ1) is 5.34. The van der Waals surface area contributed by atoms with Crippen molar-refractivity contribution in [1.29, 1.82) is 0 Å². The third-order valence-corrected chi connectivity index (χ3v) is 3.91. The molecule has 1 aliphatic carbocycles. The lowest BCUT2D eigenvalue weighted by molar-refractivity contribution is 0.541. The van der Waals surface area contributed by atoms with Gasteiger partial charge in [0, 0.05) is 5.38 Å². The van der Waals surface area contributed by atoms with Crippen LogP contribution in [0.15, 0.2) is 0 Å². The van der Waals surface area contributed by atoms with Crippen LogP contribution in [0, 0.1) is 5.92 Å². The maximum absolute atomic E-state index is 6.15. The fraction of sp³-hybridized carbons (Fsp3) is 1.00. The molecule has 2 heteroatoms. The minimum atomic E-state index is 0.493. The van der Waals surface area contributed by atoms with Crippen LogP contribution in [-0.2, 0) is 0 Å². The van der Waals surface area contributed by atoms with E-state index in [4.69, 9.17) is 11.6 Å². The van der Waals surface area contributed by atoms with Crippen LogP contribution < -0.4 is 0 Å². The molecule has 1 saturated carbocycles. The lowest BCUT2D eigenvalue weighted by Gasteiger charge is -2.11. The summed E-state index contributed by atoms with van der Waals surface area (Å²) in [6, 6.07) is 0. The summed E-state index contributed by atoms with van der Waals surface area (Å²) in [7, 11) is 0. The monoisotopic (exact) mass is 192 g/mol. The van der Waals surface area contributed by atoms with Gasteiger partial charge in [-0.25, -0.2) is 0 Å². The Morgan fingerprint density at radius 1 is 1.45 bits per heavy atom. The molecule has 1 rings (SSSR count). The molecule has 0 bridgehead atoms. The van der Waals surface area contributed by atoms with Gasteiger partial charge in [0.05, 0.1) is 0 Å². The van der Waals surface area contributed by atoms with Crippen molar-refractivity contribution in [3.8, 4) is 0 Å². The van der Waals surface area contributed by atoms with Gasteiger partial charge in [0.15, 0.2) is 0 Å². The predicted molar refractivity (Wildman–Crippen MR) is 54.6 cm³/mol. The van der Waals surface area contributed by atoms with Crippen LogP contribution in [0.1, 0.15) is 32.6 Å². The molecular formula is C9H17ClS. The molecule has 1 aliphatic rings. The van der Waals surface area contributed by atoms with E-state index in [9.17, 15) is 0 Å². The first kappa shape index (κ1) is 9.73. The van der Waals surface area contributed by atoms with Gasteiger partial charge in [0.1, 0.15) is 0 Å². The normalized spacial score (nSPS) is 31.1. The van der Waals surface area contributed by atoms with Gasteiger partial charge in [-0.3, -0.25) is 0 Å². The Hall–Kier alpha value is 0.640. The van der Waals surface area contributed by atoms with Gasteiger partial charge < -0.3 is 0 Å². The van der Waals surface area contributed by atoms with Crippen molar-refractivity contribution in [3.63, 3.8) is 0 Å². The first-order valence-electron chi connectivity index (χ1n) is 4.56. The summed E-state index contributed by atoms with van der Waals surface area (Å²) in [6.07, 6.45) is 5.32. The van der Waals surface area contributed by atoms with Crippen LogP contribution in [0.25, 0.3) is 0 Å². The molecule has 0 nitrogen and oxygen atoms in total. The number of hydrogen-bond donors (Lipinski definition) is 0. The van der Waals surface area contributed by atoms with Gasteiger partial charge in [0.2, 0.25) is 0 Å². The van der Waals surface area contributed by atoms with Gasteiger partial charge in [-0.1, -0.05) is 13.3 Å². The van der Waals surface area contributed by atoms with Crippen molar-refractivity contribution in [2.45, 2.75) is 38.0 Å². The van der Waals surface area contributed by atoms with Gasteiger partial charge in [0.25, 0.3) is 0 Å². The van der Waals surface area contributed by atoms with E-state index in [2.05, 4.69) is 6.92 Å². The molecule has 0 heterocycles. The molecule has 66 valence electrons. The SMILES string of the molecule is CCSCCC1CCCC1Cl. The van der Waals surface area contributed by atoms with Crippen LogP contribution in [-0.4, -0.2) is 16.9 Å². The molecule has 0 N–H and O–H groups in total. The van der Waals surface area contributed by atoms with Crippen molar-refractivity contribution in [2.24, 2.45) is 5.92 Å². The van der Waals surface area contributed by atoms with E-state index in [0.717, 1.165) is 5.92 Å². The average Bonchev–Trinajstić information content (AvgIpc) is 2.37. The number of alkyl halides is 1. The maximum Gasteiger partial charge on any atom is 0.0364 e. The number of rotatable bonds is 4. The lowest BCUT2D eigenvalue weighted by atomic mass is 10.1. The van der Waals surface area contributed by atoms with Crippen LogP contribution in [0.5, 0.6) is 0 Å². The highest BCUT2D eigenvalue weighted by Crippen LogP contribution is 2.33. The topological polar surface area (TPSA) is 0 Å². The standard InChI is InChI=1S/C9H17ClS/c1-2-11-7-6-8-4-3-5-9(8)10/h8-9H,2-7H2,1H3. The molecule has 1 fully saturated rings. The maximum atomic E-state index is 6.15. The van der Waals surface area contributed by atoms with E-state index in [-0.39, 0.29) is 0 Å². The Kier molecular flexibility index (Phi) is 4.70. The molecular weight excluding hydrogens is 176 g/mol. The Morgan fingerprint density at radius 3 is 2.82 bits per heavy atom. The predicted octanol–water partition coefficient (Wildman–Crippen LogP) is 3.54. The van der Waals surface area contributed by atoms with Crippen molar-refractivity contribution in [2.75, 3.05) is 11.5 Å². The van der Waals surface area contributed by atoms with E-state index in [1.807, 2.05) is 11.8 Å². The van der Waals surface area contributed by atoms with E-state index in [1.54, 1.807) is 0 Å². The highest BCUT2D eigenvalue weighted by Gasteiger charge is 2.24. The van der Waals surface area contributed by atoms with E-state index >= 15 is 0 Å². The molecule has 2 atom stereocenters. The van der Waals surface area contributed by atoms with Crippen molar-refractivity contribution in [1.82, 2.24) is 0 Å². The van der Waals surface area contributed by atoms with Crippen LogP contribution in [0.3, 0.4) is 0 Å². The van der Waals surface area contributed by atoms with Crippen LogP contribution >= 0.6 is 23.4 Å². The molecule has 0 spiro atoms. The molecule has 0 amide bonds. The summed E-state index contributed by atoms with van der Waals surface area (Å²) in [6.45, 7) is 2.22. The van der Waals surface area contributed by atoms with Crippen molar-refractivity contribution < 1.29 is 0 Å². The minimum absolute atomic E-state index is 0.493. The third-order valence-electron chi connectivity index (χ3n) is 2.40. The second kappa shape index (κ2) is 5.31. The Labute approximate surface area is 79.1 Å². The van der Waals surface area contributed by atoms with Gasteiger partial charge in [-0.2, -0.15) is 11.8 Å². The smallest absolute Gasteiger partial charge is 0.0364 e. The van der Waals surface area contributed by atoms with Crippen LogP contribution in [0.4, 0.5) is 0 Å². The molecule has 2 unspecified atom stereocenters. The van der Waals surface area contributed by atoms with Gasteiger partial charge in [-0.05, 0) is 36.7 Å². The second-order valence-electron chi connectivity index (χ2n) is 3.19. The summed E-state index contributed by atoms with van der Waals surface area (Å²) in [5, 5.41) is 0.493. The van der Waals surface area contributed by atoms with E-state index in [0.29, 0.717) is 5.38 Å². The third kappa shape index (κ3) is 3.25. The quantitative estimate of drug-likeness (QED) is 0.485. The number of hydrogen-bond acceptors (Lipinski definition) is 1. The Morgan fingerprint density at radius 2 is 2.27 bits per heavy atom. The summed E-state index contributed by atoms with van der Waals surface area (Å²) in [5.74, 6) is 3.39. The highest BCUT2D eigenvalue weighted by atomic mass is 35.5. The molecule has 0 saturated heterocycles. The van der Waals surface area contributed by atoms with Gasteiger partial charge in [-0.15, -0.1) is 11.6 Å². The molecule has 0 radical (unpaired) electrons. The summed E-state index contributed by atoms with van der Waals surface area (Å²) >= 11 is 8.19. The van der Waals surface area contributed by atoms with Crippen LogP contribution in [0.2, 0.25) is 0 Å². The fourth-order valence-corrected chi connectivity index (χ4v) is 2.86. The van der Waals surface area contributed by atoms with E-state index in [1.165, 1.54) is 37.2 Å².